The van der Waals surface area contributed by atoms with Crippen molar-refractivity contribution in [2.24, 2.45) is 0 Å². The van der Waals surface area contributed by atoms with E-state index in [9.17, 15) is 0 Å². The van der Waals surface area contributed by atoms with Crippen LogP contribution in [0.4, 0.5) is 0 Å². The fraction of sp³-hybridized carbons (Fsp3) is 0.636. The van der Waals surface area contributed by atoms with Crippen LogP contribution in [0.1, 0.15) is 34.1 Å². The molecule has 0 N–H and O–H groups in total. The highest BCUT2D eigenvalue weighted by molar-refractivity contribution is 8.01. The Morgan fingerprint density at radius 1 is 1.42 bits per heavy atom. The van der Waals surface area contributed by atoms with Crippen molar-refractivity contribution in [1.82, 2.24) is 0 Å². The Kier molecular flexibility index (Phi) is 3.05. The molecular weight excluding hydrogens is 164 g/mol. The van der Waals surface area contributed by atoms with Gasteiger partial charge in [-0.1, -0.05) is 39.0 Å². The lowest BCUT2D eigenvalue weighted by Gasteiger charge is -2.23. The van der Waals surface area contributed by atoms with Crippen LogP contribution in [0.2, 0.25) is 0 Å². The Labute approximate surface area is 80.1 Å². The van der Waals surface area contributed by atoms with E-state index in [1.54, 1.807) is 0 Å². The largest absolute Gasteiger partial charge is 0.148 e. The van der Waals surface area contributed by atoms with E-state index in [1.807, 2.05) is 11.8 Å². The second-order valence-electron chi connectivity index (χ2n) is 4.21. The molecule has 1 heteroatoms. The van der Waals surface area contributed by atoms with Gasteiger partial charge in [-0.3, -0.25) is 0 Å². The van der Waals surface area contributed by atoms with E-state index in [-0.39, 0.29) is 0 Å². The molecule has 1 aliphatic carbocycles. The Morgan fingerprint density at radius 2 is 2.08 bits per heavy atom. The fourth-order valence-corrected chi connectivity index (χ4v) is 2.75. The average Bonchev–Trinajstić information content (AvgIpc) is 2.32. The monoisotopic (exact) mass is 182 g/mol. The Morgan fingerprint density at radius 3 is 2.50 bits per heavy atom. The van der Waals surface area contributed by atoms with Crippen LogP contribution in [-0.4, -0.2) is 10.00 Å². The van der Waals surface area contributed by atoms with E-state index in [0.29, 0.717) is 10.00 Å². The summed E-state index contributed by atoms with van der Waals surface area (Å²) in [6.07, 6.45) is 7.94. The van der Waals surface area contributed by atoms with Crippen LogP contribution in [0.3, 0.4) is 0 Å². The maximum absolute atomic E-state index is 2.32. The number of hydrogen-bond acceptors (Lipinski definition) is 1. The van der Waals surface area contributed by atoms with E-state index >= 15 is 0 Å². The van der Waals surface area contributed by atoms with Gasteiger partial charge in [-0.2, -0.15) is 0 Å². The molecule has 0 aromatic rings. The van der Waals surface area contributed by atoms with Crippen molar-refractivity contribution in [3.63, 3.8) is 0 Å². The molecule has 0 aromatic carbocycles. The van der Waals surface area contributed by atoms with Crippen molar-refractivity contribution in [2.45, 2.75) is 44.1 Å². The van der Waals surface area contributed by atoms with Gasteiger partial charge in [0.05, 0.1) is 0 Å². The third-order valence-electron chi connectivity index (χ3n) is 1.80. The van der Waals surface area contributed by atoms with Crippen LogP contribution in [0.15, 0.2) is 23.8 Å². The maximum atomic E-state index is 2.32. The minimum absolute atomic E-state index is 0.372. The van der Waals surface area contributed by atoms with Gasteiger partial charge < -0.3 is 0 Å². The molecule has 0 saturated carbocycles. The van der Waals surface area contributed by atoms with Crippen LogP contribution >= 0.6 is 11.8 Å². The first-order valence-corrected chi connectivity index (χ1v) is 5.41. The molecule has 0 amide bonds. The minimum Gasteiger partial charge on any atom is -0.148 e. The number of allylic oxidation sites excluding steroid dienone is 3. The molecule has 68 valence electrons. The second kappa shape index (κ2) is 3.69. The van der Waals surface area contributed by atoms with Crippen molar-refractivity contribution in [3.05, 3.63) is 23.8 Å². The van der Waals surface area contributed by atoms with Gasteiger partial charge >= 0.3 is 0 Å². The molecule has 0 heterocycles. The summed E-state index contributed by atoms with van der Waals surface area (Å²) < 4.78 is 0.372. The van der Waals surface area contributed by atoms with Crippen molar-refractivity contribution in [2.75, 3.05) is 0 Å². The third kappa shape index (κ3) is 3.06. The molecule has 1 atom stereocenters. The van der Waals surface area contributed by atoms with E-state index in [0.717, 1.165) is 6.42 Å². The zero-order valence-corrected chi connectivity index (χ0v) is 9.24. The average molecular weight is 182 g/mol. The van der Waals surface area contributed by atoms with Crippen LogP contribution in [-0.2, 0) is 0 Å². The molecule has 0 radical (unpaired) electrons. The quantitative estimate of drug-likeness (QED) is 0.626. The summed E-state index contributed by atoms with van der Waals surface area (Å²) in [4.78, 5) is 0. The summed E-state index contributed by atoms with van der Waals surface area (Å²) in [6.45, 7) is 9.10. The van der Waals surface area contributed by atoms with Crippen LogP contribution in [0, 0.1) is 0 Å². The Hall–Kier alpha value is -0.170. The van der Waals surface area contributed by atoms with Crippen molar-refractivity contribution in [1.29, 1.82) is 0 Å². The summed E-state index contributed by atoms with van der Waals surface area (Å²) in [5, 5.41) is 0.642. The Balaban J connectivity index is 2.48. The molecule has 12 heavy (non-hydrogen) atoms. The van der Waals surface area contributed by atoms with Gasteiger partial charge in [-0.25, -0.2) is 0 Å². The smallest absolute Gasteiger partial charge is 0.0271 e. The maximum Gasteiger partial charge on any atom is 0.0271 e. The molecule has 1 rings (SSSR count). The first-order valence-electron chi connectivity index (χ1n) is 4.53. The summed E-state index contributed by atoms with van der Waals surface area (Å²) in [6, 6.07) is 0. The molecule has 0 bridgehead atoms. The highest BCUT2D eigenvalue weighted by atomic mass is 32.2. The SMILES string of the molecule is CC(SC(C)(C)C)C1=CCC=C1. The standard InChI is InChI=1S/C11H18S/c1-9(12-11(2,3)4)10-7-5-6-8-10/h5,7-9H,6H2,1-4H3. The summed E-state index contributed by atoms with van der Waals surface area (Å²) >= 11 is 2.03. The molecule has 0 aromatic heterocycles. The first kappa shape index (κ1) is 9.91. The highest BCUT2D eigenvalue weighted by Gasteiger charge is 2.18. The normalized spacial score (nSPS) is 19.5. The van der Waals surface area contributed by atoms with Crippen molar-refractivity contribution >= 4 is 11.8 Å². The molecule has 0 saturated heterocycles. The summed E-state index contributed by atoms with van der Waals surface area (Å²) in [5.74, 6) is 0. The van der Waals surface area contributed by atoms with Crippen LogP contribution in [0.5, 0.6) is 0 Å². The zero-order valence-electron chi connectivity index (χ0n) is 8.42. The van der Waals surface area contributed by atoms with Gasteiger partial charge in [0, 0.05) is 10.00 Å². The predicted molar refractivity (Wildman–Crippen MR) is 58.6 cm³/mol. The number of rotatable bonds is 2. The van der Waals surface area contributed by atoms with Gasteiger partial charge in [-0.15, -0.1) is 11.8 Å². The van der Waals surface area contributed by atoms with Gasteiger partial charge in [0.25, 0.3) is 0 Å². The number of thioether (sulfide) groups is 1. The first-order chi connectivity index (χ1) is 5.49. The lowest BCUT2D eigenvalue weighted by Crippen LogP contribution is -2.14. The van der Waals surface area contributed by atoms with Crippen LogP contribution < -0.4 is 0 Å². The minimum atomic E-state index is 0.372. The molecule has 0 fully saturated rings. The second-order valence-corrected chi connectivity index (χ2v) is 6.38. The zero-order chi connectivity index (χ0) is 9.19. The molecule has 1 unspecified atom stereocenters. The Bertz CT molecular complexity index is 206. The van der Waals surface area contributed by atoms with E-state index in [2.05, 4.69) is 45.9 Å². The highest BCUT2D eigenvalue weighted by Crippen LogP contribution is 2.33. The van der Waals surface area contributed by atoms with Crippen LogP contribution in [0.25, 0.3) is 0 Å². The van der Waals surface area contributed by atoms with E-state index < -0.39 is 0 Å². The summed E-state index contributed by atoms with van der Waals surface area (Å²) in [7, 11) is 0. The lowest BCUT2D eigenvalue weighted by atomic mass is 10.2. The molecule has 1 aliphatic rings. The molecule has 0 nitrogen and oxygen atoms in total. The predicted octanol–water partition coefficient (Wildman–Crippen LogP) is 3.79. The lowest BCUT2D eigenvalue weighted by molar-refractivity contribution is 0.798. The van der Waals surface area contributed by atoms with Gasteiger partial charge in [0.2, 0.25) is 0 Å². The fourth-order valence-electron chi connectivity index (χ4n) is 1.38. The van der Waals surface area contributed by atoms with Gasteiger partial charge in [-0.05, 0) is 18.9 Å². The van der Waals surface area contributed by atoms with Crippen molar-refractivity contribution in [3.8, 4) is 0 Å². The molecule has 0 spiro atoms. The van der Waals surface area contributed by atoms with Crippen molar-refractivity contribution < 1.29 is 0 Å². The number of hydrogen-bond donors (Lipinski definition) is 0. The third-order valence-corrected chi connectivity index (χ3v) is 3.13. The molecule has 0 aliphatic heterocycles. The van der Waals surface area contributed by atoms with Gasteiger partial charge in [0.15, 0.2) is 0 Å². The van der Waals surface area contributed by atoms with Gasteiger partial charge in [0.1, 0.15) is 0 Å². The van der Waals surface area contributed by atoms with E-state index in [4.69, 9.17) is 0 Å². The molecular formula is C11H18S. The van der Waals surface area contributed by atoms with E-state index in [1.165, 1.54) is 5.57 Å². The summed E-state index contributed by atoms with van der Waals surface area (Å²) in [5.41, 5.74) is 1.50. The topological polar surface area (TPSA) is 0 Å².